The lowest BCUT2D eigenvalue weighted by atomic mass is 9.98. The Labute approximate surface area is 80.5 Å². The minimum Gasteiger partial charge on any atom is -0.316 e. The number of alkyl halides is 1. The molecule has 0 radical (unpaired) electrons. The zero-order chi connectivity index (χ0) is 9.68. The number of nitrogens with zero attached hydrogens (tertiary/aromatic N) is 1. The van der Waals surface area contributed by atoms with Crippen molar-refractivity contribution in [2.45, 2.75) is 26.3 Å². The summed E-state index contributed by atoms with van der Waals surface area (Å²) in [6.07, 6.45) is 0.653. The fraction of sp³-hybridized carbons (Fsp3) is 1.00. The Morgan fingerprint density at radius 2 is 2.15 bits per heavy atom. The van der Waals surface area contributed by atoms with E-state index in [1.807, 2.05) is 0 Å². The molecule has 1 fully saturated rings. The number of likely N-dealkylation sites (tertiary alicyclic amines) is 1. The van der Waals surface area contributed by atoms with E-state index in [0.29, 0.717) is 12.5 Å². The van der Waals surface area contributed by atoms with Crippen LogP contribution < -0.4 is 5.32 Å². The van der Waals surface area contributed by atoms with Gasteiger partial charge in [0.1, 0.15) is 0 Å². The highest BCUT2D eigenvalue weighted by Crippen LogP contribution is 2.16. The van der Waals surface area contributed by atoms with Crippen LogP contribution in [0.4, 0.5) is 4.39 Å². The van der Waals surface area contributed by atoms with Gasteiger partial charge in [-0.05, 0) is 32.7 Å². The molecule has 78 valence electrons. The maximum atomic E-state index is 11.7. The standard InChI is InChI=1S/C10H21FN2/c1-9(2)13-7-10(8-13)6-12-5-3-4-11/h9-10,12H,3-8H2,1-2H3. The van der Waals surface area contributed by atoms with E-state index in [4.69, 9.17) is 0 Å². The first-order valence-electron chi connectivity index (χ1n) is 5.24. The Bertz CT molecular complexity index is 133. The Hall–Kier alpha value is -0.150. The van der Waals surface area contributed by atoms with E-state index in [2.05, 4.69) is 24.1 Å². The second-order valence-electron chi connectivity index (χ2n) is 4.16. The number of nitrogens with one attached hydrogen (secondary N) is 1. The van der Waals surface area contributed by atoms with Crippen molar-refractivity contribution in [3.8, 4) is 0 Å². The summed E-state index contributed by atoms with van der Waals surface area (Å²) in [4.78, 5) is 2.46. The van der Waals surface area contributed by atoms with E-state index in [0.717, 1.165) is 19.0 Å². The zero-order valence-corrected chi connectivity index (χ0v) is 8.72. The fourth-order valence-corrected chi connectivity index (χ4v) is 1.66. The highest BCUT2D eigenvalue weighted by atomic mass is 19.1. The van der Waals surface area contributed by atoms with Gasteiger partial charge in [-0.1, -0.05) is 0 Å². The molecule has 1 aliphatic heterocycles. The molecule has 0 amide bonds. The van der Waals surface area contributed by atoms with E-state index in [1.54, 1.807) is 0 Å². The summed E-state index contributed by atoms with van der Waals surface area (Å²) in [7, 11) is 0. The second-order valence-corrected chi connectivity index (χ2v) is 4.16. The molecule has 0 spiro atoms. The molecule has 1 rings (SSSR count). The van der Waals surface area contributed by atoms with Gasteiger partial charge in [0.2, 0.25) is 0 Å². The quantitative estimate of drug-likeness (QED) is 0.632. The lowest BCUT2D eigenvalue weighted by Crippen LogP contribution is -2.53. The molecule has 13 heavy (non-hydrogen) atoms. The third kappa shape index (κ3) is 3.61. The van der Waals surface area contributed by atoms with Crippen LogP contribution in [-0.4, -0.2) is 43.8 Å². The van der Waals surface area contributed by atoms with E-state index < -0.39 is 0 Å². The van der Waals surface area contributed by atoms with Crippen LogP contribution in [0.2, 0.25) is 0 Å². The van der Waals surface area contributed by atoms with Crippen molar-refractivity contribution in [1.82, 2.24) is 10.2 Å². The molecule has 1 aliphatic rings. The van der Waals surface area contributed by atoms with Gasteiger partial charge in [-0.3, -0.25) is 4.39 Å². The minimum atomic E-state index is -0.199. The van der Waals surface area contributed by atoms with Crippen molar-refractivity contribution in [2.75, 3.05) is 32.9 Å². The SMILES string of the molecule is CC(C)N1CC(CNCCCF)C1. The van der Waals surface area contributed by atoms with E-state index in [9.17, 15) is 4.39 Å². The van der Waals surface area contributed by atoms with Gasteiger partial charge in [-0.15, -0.1) is 0 Å². The normalized spacial score (nSPS) is 19.4. The first kappa shape index (κ1) is 10.9. The Balaban J connectivity index is 1.90. The molecule has 0 aliphatic carbocycles. The van der Waals surface area contributed by atoms with Crippen LogP contribution in [0, 0.1) is 5.92 Å². The molecular formula is C10H21FN2. The average molecular weight is 188 g/mol. The first-order chi connectivity index (χ1) is 6.24. The van der Waals surface area contributed by atoms with E-state index >= 15 is 0 Å². The molecule has 0 unspecified atom stereocenters. The van der Waals surface area contributed by atoms with Crippen LogP contribution >= 0.6 is 0 Å². The maximum absolute atomic E-state index is 11.7. The van der Waals surface area contributed by atoms with Gasteiger partial charge >= 0.3 is 0 Å². The van der Waals surface area contributed by atoms with Gasteiger partial charge in [0.05, 0.1) is 6.67 Å². The lowest BCUT2D eigenvalue weighted by molar-refractivity contribution is 0.0677. The second kappa shape index (κ2) is 5.55. The molecule has 1 heterocycles. The average Bonchev–Trinajstić information content (AvgIpc) is 2.00. The largest absolute Gasteiger partial charge is 0.316 e. The van der Waals surface area contributed by atoms with Gasteiger partial charge in [0.25, 0.3) is 0 Å². The minimum absolute atomic E-state index is 0.199. The van der Waals surface area contributed by atoms with Gasteiger partial charge in [0.15, 0.2) is 0 Å². The third-order valence-electron chi connectivity index (χ3n) is 2.64. The predicted molar refractivity (Wildman–Crippen MR) is 53.7 cm³/mol. The van der Waals surface area contributed by atoms with Crippen LogP contribution in [-0.2, 0) is 0 Å². The van der Waals surface area contributed by atoms with E-state index in [-0.39, 0.29) is 6.67 Å². The van der Waals surface area contributed by atoms with Crippen LogP contribution in [0.15, 0.2) is 0 Å². The number of hydrogen-bond donors (Lipinski definition) is 1. The Morgan fingerprint density at radius 1 is 1.46 bits per heavy atom. The molecule has 3 heteroatoms. The van der Waals surface area contributed by atoms with E-state index in [1.165, 1.54) is 13.1 Å². The monoisotopic (exact) mass is 188 g/mol. The van der Waals surface area contributed by atoms with Crippen molar-refractivity contribution in [2.24, 2.45) is 5.92 Å². The molecular weight excluding hydrogens is 167 g/mol. The molecule has 0 saturated carbocycles. The van der Waals surface area contributed by atoms with Crippen molar-refractivity contribution in [3.05, 3.63) is 0 Å². The maximum Gasteiger partial charge on any atom is 0.0906 e. The summed E-state index contributed by atoms with van der Waals surface area (Å²) in [6, 6.07) is 0.682. The topological polar surface area (TPSA) is 15.3 Å². The molecule has 0 aromatic carbocycles. The summed E-state index contributed by atoms with van der Waals surface area (Å²) in [5, 5.41) is 3.28. The molecule has 0 aromatic rings. The van der Waals surface area contributed by atoms with Gasteiger partial charge in [-0.25, -0.2) is 0 Å². The van der Waals surface area contributed by atoms with Crippen molar-refractivity contribution in [3.63, 3.8) is 0 Å². The summed E-state index contributed by atoms with van der Waals surface area (Å²) < 4.78 is 11.7. The molecule has 0 bridgehead atoms. The Kier molecular flexibility index (Phi) is 4.67. The highest BCUT2D eigenvalue weighted by Gasteiger charge is 2.27. The van der Waals surface area contributed by atoms with Crippen LogP contribution in [0.25, 0.3) is 0 Å². The van der Waals surface area contributed by atoms with Gasteiger partial charge < -0.3 is 10.2 Å². The summed E-state index contributed by atoms with van der Waals surface area (Å²) >= 11 is 0. The first-order valence-corrected chi connectivity index (χ1v) is 5.24. The third-order valence-corrected chi connectivity index (χ3v) is 2.64. The van der Waals surface area contributed by atoms with Crippen molar-refractivity contribution >= 4 is 0 Å². The molecule has 1 N–H and O–H groups in total. The highest BCUT2D eigenvalue weighted by molar-refractivity contribution is 4.83. The lowest BCUT2D eigenvalue weighted by Gasteiger charge is -2.42. The molecule has 1 saturated heterocycles. The fourth-order valence-electron chi connectivity index (χ4n) is 1.66. The molecule has 0 atom stereocenters. The predicted octanol–water partition coefficient (Wildman–Crippen LogP) is 1.28. The number of rotatable bonds is 6. The molecule has 0 aromatic heterocycles. The van der Waals surface area contributed by atoms with Crippen LogP contribution in [0.3, 0.4) is 0 Å². The summed E-state index contributed by atoms with van der Waals surface area (Å²) in [5.41, 5.74) is 0. The summed E-state index contributed by atoms with van der Waals surface area (Å²) in [5.74, 6) is 0.794. The summed E-state index contributed by atoms with van der Waals surface area (Å²) in [6.45, 7) is 8.56. The van der Waals surface area contributed by atoms with Crippen LogP contribution in [0.1, 0.15) is 20.3 Å². The van der Waals surface area contributed by atoms with Crippen LogP contribution in [0.5, 0.6) is 0 Å². The Morgan fingerprint density at radius 3 is 2.69 bits per heavy atom. The smallest absolute Gasteiger partial charge is 0.0906 e. The van der Waals surface area contributed by atoms with Gasteiger partial charge in [0, 0.05) is 25.7 Å². The van der Waals surface area contributed by atoms with Crippen molar-refractivity contribution < 1.29 is 4.39 Å². The number of halogens is 1. The number of hydrogen-bond acceptors (Lipinski definition) is 2. The molecule has 2 nitrogen and oxygen atoms in total. The van der Waals surface area contributed by atoms with Gasteiger partial charge in [-0.2, -0.15) is 0 Å². The zero-order valence-electron chi connectivity index (χ0n) is 8.72. The van der Waals surface area contributed by atoms with Crippen molar-refractivity contribution in [1.29, 1.82) is 0 Å².